The minimum absolute atomic E-state index is 0.0240. The van der Waals surface area contributed by atoms with Gasteiger partial charge in [0.25, 0.3) is 0 Å². The molecule has 54 heavy (non-hydrogen) atoms. The van der Waals surface area contributed by atoms with Gasteiger partial charge in [0.05, 0.1) is 0 Å². The summed E-state index contributed by atoms with van der Waals surface area (Å²) in [5.41, 5.74) is 24.4. The van der Waals surface area contributed by atoms with Crippen LogP contribution in [0.2, 0.25) is 0 Å². The Bertz CT molecular complexity index is 2940. The van der Waals surface area contributed by atoms with Crippen LogP contribution in [-0.2, 0) is 22.7 Å². The molecule has 0 aliphatic heterocycles. The molecule has 1 heterocycles. The van der Waals surface area contributed by atoms with E-state index in [0.29, 0.717) is 0 Å². The molecule has 0 saturated carbocycles. The van der Waals surface area contributed by atoms with Gasteiger partial charge in [-0.15, -0.1) is 0 Å². The molecule has 0 spiro atoms. The summed E-state index contributed by atoms with van der Waals surface area (Å²) in [5.74, 6) is 0. The number of hydrogen-bond donors (Lipinski definition) is 0. The standard InChI is InChI=1S/C53H44O/c1-8-30-17-21-38-42(25-30)53(6,7)46-29-40(50-49(48(38)46)39-14-10-12-16-47(39)54-50)33-20-24-37-36-23-19-32(27-44(36)52(4,5)45(37)28-33)31-18-22-35-34-13-9-11-15-41(34)51(2,3)43(35)26-31/h9-29H,8H2,1-7H3. The molecule has 0 amide bonds. The highest BCUT2D eigenvalue weighted by Crippen LogP contribution is 2.57. The van der Waals surface area contributed by atoms with Crippen molar-refractivity contribution < 1.29 is 4.42 Å². The second-order valence-electron chi connectivity index (χ2n) is 17.6. The van der Waals surface area contributed by atoms with Crippen LogP contribution in [0.15, 0.2) is 132 Å². The van der Waals surface area contributed by atoms with Gasteiger partial charge in [0, 0.05) is 32.6 Å². The van der Waals surface area contributed by atoms with Crippen molar-refractivity contribution in [2.75, 3.05) is 0 Å². The van der Waals surface area contributed by atoms with Crippen molar-refractivity contribution in [2.45, 2.75) is 71.1 Å². The predicted molar refractivity (Wildman–Crippen MR) is 227 cm³/mol. The van der Waals surface area contributed by atoms with Crippen molar-refractivity contribution in [1.82, 2.24) is 0 Å². The minimum atomic E-state index is -0.168. The van der Waals surface area contributed by atoms with Crippen LogP contribution in [0, 0.1) is 0 Å². The summed E-state index contributed by atoms with van der Waals surface area (Å²) in [6.45, 7) is 16.6. The lowest BCUT2D eigenvalue weighted by molar-refractivity contribution is 0.656. The largest absolute Gasteiger partial charge is 0.455 e. The Morgan fingerprint density at radius 2 is 0.944 bits per heavy atom. The third-order valence-corrected chi connectivity index (χ3v) is 13.7. The van der Waals surface area contributed by atoms with Crippen molar-refractivity contribution in [1.29, 1.82) is 0 Å². The van der Waals surface area contributed by atoms with Gasteiger partial charge < -0.3 is 4.42 Å². The molecule has 1 aromatic heterocycles. The first-order chi connectivity index (χ1) is 26.0. The SMILES string of the molecule is CCc1ccc2c(c1)C(C)(C)c1cc(-c3ccc4c(c3)C(C)(C)c3cc(-c5ccc6c(c5)C(C)(C)c5ccccc5-6)ccc3-4)c3oc4ccccc4c3c1-2. The number of aryl methyl sites for hydroxylation is 1. The summed E-state index contributed by atoms with van der Waals surface area (Å²) in [6, 6.07) is 48.5. The number of benzene rings is 7. The maximum absolute atomic E-state index is 6.86. The zero-order valence-electron chi connectivity index (χ0n) is 32.2. The Labute approximate surface area is 318 Å². The normalized spacial score (nSPS) is 16.2. The maximum atomic E-state index is 6.86. The van der Waals surface area contributed by atoms with E-state index in [0.717, 1.165) is 17.6 Å². The molecule has 0 radical (unpaired) electrons. The van der Waals surface area contributed by atoms with Crippen LogP contribution in [0.5, 0.6) is 0 Å². The van der Waals surface area contributed by atoms with Crippen LogP contribution in [0.1, 0.15) is 87.4 Å². The van der Waals surface area contributed by atoms with Gasteiger partial charge in [-0.05, 0) is 126 Å². The quantitative estimate of drug-likeness (QED) is 0.179. The summed E-state index contributed by atoms with van der Waals surface area (Å²) in [5, 5.41) is 2.43. The zero-order chi connectivity index (χ0) is 36.9. The lowest BCUT2D eigenvalue weighted by Crippen LogP contribution is -2.16. The van der Waals surface area contributed by atoms with Crippen LogP contribution in [-0.4, -0.2) is 0 Å². The Hall–Kier alpha value is -5.66. The molecule has 0 fully saturated rings. The van der Waals surface area contributed by atoms with Crippen LogP contribution >= 0.6 is 0 Å². The molecule has 8 aromatic rings. The molecule has 0 atom stereocenters. The summed E-state index contributed by atoms with van der Waals surface area (Å²) in [7, 11) is 0. The fraction of sp³-hybridized carbons (Fsp3) is 0.208. The van der Waals surface area contributed by atoms with E-state index in [1.54, 1.807) is 0 Å². The van der Waals surface area contributed by atoms with E-state index in [2.05, 4.69) is 176 Å². The third kappa shape index (κ3) is 4.00. The molecule has 3 aliphatic rings. The molecule has 1 nitrogen and oxygen atoms in total. The summed E-state index contributed by atoms with van der Waals surface area (Å²) < 4.78 is 6.86. The Balaban J connectivity index is 1.05. The van der Waals surface area contributed by atoms with E-state index < -0.39 is 0 Å². The molecule has 0 saturated heterocycles. The molecule has 3 aliphatic carbocycles. The topological polar surface area (TPSA) is 13.1 Å². The van der Waals surface area contributed by atoms with Crippen molar-refractivity contribution in [3.63, 3.8) is 0 Å². The number of hydrogen-bond acceptors (Lipinski definition) is 1. The van der Waals surface area contributed by atoms with Gasteiger partial charge in [0.15, 0.2) is 0 Å². The van der Waals surface area contributed by atoms with Crippen LogP contribution in [0.3, 0.4) is 0 Å². The maximum Gasteiger partial charge on any atom is 0.143 e. The molecule has 0 N–H and O–H groups in total. The average molecular weight is 697 g/mol. The molecule has 1 heteroatoms. The Kier molecular flexibility index (Phi) is 6.20. The second kappa shape index (κ2) is 10.5. The van der Waals surface area contributed by atoms with Crippen molar-refractivity contribution in [3.8, 4) is 55.6 Å². The average Bonchev–Trinajstić information content (AvgIpc) is 3.83. The highest BCUT2D eigenvalue weighted by atomic mass is 16.3. The molecule has 11 rings (SSSR count). The van der Waals surface area contributed by atoms with Gasteiger partial charge in [-0.3, -0.25) is 0 Å². The van der Waals surface area contributed by atoms with E-state index in [4.69, 9.17) is 4.42 Å². The van der Waals surface area contributed by atoms with Gasteiger partial charge >= 0.3 is 0 Å². The minimum Gasteiger partial charge on any atom is -0.455 e. The van der Waals surface area contributed by atoms with Crippen LogP contribution in [0.25, 0.3) is 77.6 Å². The number of para-hydroxylation sites is 1. The first-order valence-corrected chi connectivity index (χ1v) is 19.7. The fourth-order valence-corrected chi connectivity index (χ4v) is 10.5. The van der Waals surface area contributed by atoms with Gasteiger partial charge in [0.1, 0.15) is 11.2 Å². The molecule has 7 aromatic carbocycles. The van der Waals surface area contributed by atoms with Crippen molar-refractivity contribution in [2.24, 2.45) is 0 Å². The molecule has 0 bridgehead atoms. The Morgan fingerprint density at radius 3 is 1.63 bits per heavy atom. The van der Waals surface area contributed by atoms with Gasteiger partial charge in [-0.25, -0.2) is 0 Å². The summed E-state index contributed by atoms with van der Waals surface area (Å²) in [4.78, 5) is 0. The molecular formula is C53H44O. The van der Waals surface area contributed by atoms with Gasteiger partial charge in [-0.1, -0.05) is 146 Å². The predicted octanol–water partition coefficient (Wildman–Crippen LogP) is 14.4. The van der Waals surface area contributed by atoms with E-state index >= 15 is 0 Å². The smallest absolute Gasteiger partial charge is 0.143 e. The number of fused-ring (bicyclic) bond motifs is 13. The van der Waals surface area contributed by atoms with Crippen molar-refractivity contribution in [3.05, 3.63) is 166 Å². The zero-order valence-corrected chi connectivity index (χ0v) is 32.2. The highest BCUT2D eigenvalue weighted by Gasteiger charge is 2.40. The van der Waals surface area contributed by atoms with Crippen LogP contribution < -0.4 is 0 Å². The first-order valence-electron chi connectivity index (χ1n) is 19.7. The van der Waals surface area contributed by atoms with E-state index in [1.165, 1.54) is 105 Å². The monoisotopic (exact) mass is 696 g/mol. The van der Waals surface area contributed by atoms with Gasteiger partial charge in [0.2, 0.25) is 0 Å². The fourth-order valence-electron chi connectivity index (χ4n) is 10.5. The van der Waals surface area contributed by atoms with E-state index in [1.807, 2.05) is 0 Å². The highest BCUT2D eigenvalue weighted by molar-refractivity contribution is 6.18. The lowest BCUT2D eigenvalue weighted by Gasteiger charge is -2.24. The second-order valence-corrected chi connectivity index (χ2v) is 17.6. The number of rotatable bonds is 3. The lowest BCUT2D eigenvalue weighted by atomic mass is 9.79. The van der Waals surface area contributed by atoms with E-state index in [-0.39, 0.29) is 16.2 Å². The first kappa shape index (κ1) is 31.8. The third-order valence-electron chi connectivity index (χ3n) is 13.7. The van der Waals surface area contributed by atoms with Crippen molar-refractivity contribution >= 4 is 21.9 Å². The molecule has 262 valence electrons. The summed E-state index contributed by atoms with van der Waals surface area (Å²) in [6.07, 6.45) is 1.03. The Morgan fingerprint density at radius 1 is 0.426 bits per heavy atom. The molecule has 0 unspecified atom stereocenters. The number of furan rings is 1. The molecular weight excluding hydrogens is 653 g/mol. The summed E-state index contributed by atoms with van der Waals surface area (Å²) >= 11 is 0. The van der Waals surface area contributed by atoms with Crippen LogP contribution in [0.4, 0.5) is 0 Å². The van der Waals surface area contributed by atoms with Gasteiger partial charge in [-0.2, -0.15) is 0 Å². The van der Waals surface area contributed by atoms with E-state index in [9.17, 15) is 0 Å².